The second-order valence-corrected chi connectivity index (χ2v) is 5.56. The average Bonchev–Trinajstić information content (AvgIpc) is 2.87. The summed E-state index contributed by atoms with van der Waals surface area (Å²) in [6.45, 7) is 5.73. The molecule has 5 heteroatoms. The number of carbonyl (C=O) groups is 1. The molecule has 0 radical (unpaired) electrons. The van der Waals surface area contributed by atoms with Crippen LogP contribution in [0.25, 0.3) is 0 Å². The Bertz CT molecular complexity index is 602. The number of rotatable bonds is 6. The van der Waals surface area contributed by atoms with Gasteiger partial charge in [-0.2, -0.15) is 5.10 Å². The lowest BCUT2D eigenvalue weighted by Crippen LogP contribution is -2.18. The SMILES string of the molecule is CC(C)n1ccc(CN(C)Cc2ccc(C(=O)O)cc2)n1. The van der Waals surface area contributed by atoms with E-state index in [9.17, 15) is 4.79 Å². The zero-order chi connectivity index (χ0) is 15.4. The molecular weight excluding hydrogens is 266 g/mol. The summed E-state index contributed by atoms with van der Waals surface area (Å²) < 4.78 is 1.95. The van der Waals surface area contributed by atoms with Crippen LogP contribution >= 0.6 is 0 Å². The zero-order valence-electron chi connectivity index (χ0n) is 12.7. The van der Waals surface area contributed by atoms with Crippen LogP contribution in [0.4, 0.5) is 0 Å². The molecule has 0 fully saturated rings. The molecule has 0 aliphatic rings. The molecule has 0 unspecified atom stereocenters. The molecule has 0 saturated heterocycles. The lowest BCUT2D eigenvalue weighted by atomic mass is 10.1. The number of aromatic nitrogens is 2. The van der Waals surface area contributed by atoms with Gasteiger partial charge in [0.2, 0.25) is 0 Å². The molecule has 5 nitrogen and oxygen atoms in total. The third kappa shape index (κ3) is 4.16. The maximum atomic E-state index is 10.8. The van der Waals surface area contributed by atoms with Gasteiger partial charge in [0.15, 0.2) is 0 Å². The van der Waals surface area contributed by atoms with E-state index in [1.807, 2.05) is 36.1 Å². The first-order valence-corrected chi connectivity index (χ1v) is 7.00. The summed E-state index contributed by atoms with van der Waals surface area (Å²) in [4.78, 5) is 13.0. The van der Waals surface area contributed by atoms with Gasteiger partial charge in [0.05, 0.1) is 11.3 Å². The van der Waals surface area contributed by atoms with Gasteiger partial charge in [-0.1, -0.05) is 12.1 Å². The second-order valence-electron chi connectivity index (χ2n) is 5.56. The number of aromatic carboxylic acids is 1. The molecule has 0 aliphatic carbocycles. The summed E-state index contributed by atoms with van der Waals surface area (Å²) in [5.41, 5.74) is 2.44. The van der Waals surface area contributed by atoms with Gasteiger partial charge in [0.1, 0.15) is 0 Å². The summed E-state index contributed by atoms with van der Waals surface area (Å²) >= 11 is 0. The molecule has 0 bridgehead atoms. The predicted octanol–water partition coefficient (Wildman–Crippen LogP) is 2.79. The van der Waals surface area contributed by atoms with Crippen molar-refractivity contribution >= 4 is 5.97 Å². The van der Waals surface area contributed by atoms with Crippen LogP contribution in [0.1, 0.15) is 41.5 Å². The Morgan fingerprint density at radius 3 is 2.43 bits per heavy atom. The lowest BCUT2D eigenvalue weighted by Gasteiger charge is -2.15. The van der Waals surface area contributed by atoms with E-state index < -0.39 is 5.97 Å². The number of carboxylic acid groups (broad SMARTS) is 1. The summed E-state index contributed by atoms with van der Waals surface area (Å²) in [6.07, 6.45) is 2.00. The molecule has 0 aliphatic heterocycles. The van der Waals surface area contributed by atoms with Crippen LogP contribution in [-0.4, -0.2) is 32.8 Å². The molecule has 0 spiro atoms. The lowest BCUT2D eigenvalue weighted by molar-refractivity contribution is 0.0697. The minimum Gasteiger partial charge on any atom is -0.478 e. The first kappa shape index (κ1) is 15.3. The van der Waals surface area contributed by atoms with E-state index in [1.165, 1.54) is 0 Å². The Labute approximate surface area is 124 Å². The van der Waals surface area contributed by atoms with E-state index in [0.29, 0.717) is 11.6 Å². The number of hydrogen-bond acceptors (Lipinski definition) is 3. The van der Waals surface area contributed by atoms with Crippen molar-refractivity contribution in [3.8, 4) is 0 Å². The van der Waals surface area contributed by atoms with Crippen molar-refractivity contribution in [2.24, 2.45) is 0 Å². The van der Waals surface area contributed by atoms with Crippen molar-refractivity contribution in [3.63, 3.8) is 0 Å². The van der Waals surface area contributed by atoms with Crippen LogP contribution in [0, 0.1) is 0 Å². The van der Waals surface area contributed by atoms with Crippen LogP contribution in [-0.2, 0) is 13.1 Å². The molecule has 112 valence electrons. The number of carboxylic acids is 1. The molecule has 2 aromatic rings. The third-order valence-electron chi connectivity index (χ3n) is 3.28. The zero-order valence-corrected chi connectivity index (χ0v) is 12.7. The van der Waals surface area contributed by atoms with Gasteiger partial charge in [0, 0.05) is 25.3 Å². The van der Waals surface area contributed by atoms with Gasteiger partial charge in [-0.15, -0.1) is 0 Å². The summed E-state index contributed by atoms with van der Waals surface area (Å²) in [5, 5.41) is 13.4. The highest BCUT2D eigenvalue weighted by Crippen LogP contribution is 2.10. The Balaban J connectivity index is 1.94. The predicted molar refractivity (Wildman–Crippen MR) is 81.2 cm³/mol. The van der Waals surface area contributed by atoms with Gasteiger partial charge in [-0.3, -0.25) is 9.58 Å². The summed E-state index contributed by atoms with van der Waals surface area (Å²) in [5.74, 6) is -0.894. The second kappa shape index (κ2) is 6.54. The van der Waals surface area contributed by atoms with Crippen molar-refractivity contribution in [1.29, 1.82) is 0 Å². The van der Waals surface area contributed by atoms with Crippen molar-refractivity contribution in [2.75, 3.05) is 7.05 Å². The monoisotopic (exact) mass is 287 g/mol. The van der Waals surface area contributed by atoms with Gasteiger partial charge in [-0.05, 0) is 44.7 Å². The first-order chi connectivity index (χ1) is 9.95. The van der Waals surface area contributed by atoms with Crippen LogP contribution in [0.3, 0.4) is 0 Å². The van der Waals surface area contributed by atoms with Crippen molar-refractivity contribution in [1.82, 2.24) is 14.7 Å². The molecule has 2 rings (SSSR count). The number of nitrogens with zero attached hydrogens (tertiary/aromatic N) is 3. The van der Waals surface area contributed by atoms with Gasteiger partial charge in [-0.25, -0.2) is 4.79 Å². The minimum atomic E-state index is -0.894. The molecule has 1 heterocycles. The molecule has 1 aromatic heterocycles. The fraction of sp³-hybridized carbons (Fsp3) is 0.375. The fourth-order valence-electron chi connectivity index (χ4n) is 2.15. The van der Waals surface area contributed by atoms with Crippen molar-refractivity contribution in [2.45, 2.75) is 33.0 Å². The summed E-state index contributed by atoms with van der Waals surface area (Å²) in [7, 11) is 2.03. The molecule has 0 amide bonds. The van der Waals surface area contributed by atoms with Crippen molar-refractivity contribution in [3.05, 3.63) is 53.3 Å². The first-order valence-electron chi connectivity index (χ1n) is 7.00. The van der Waals surface area contributed by atoms with E-state index in [2.05, 4.69) is 23.8 Å². The molecule has 0 atom stereocenters. The normalized spacial score (nSPS) is 11.3. The van der Waals surface area contributed by atoms with Gasteiger partial charge < -0.3 is 5.11 Å². The van der Waals surface area contributed by atoms with E-state index >= 15 is 0 Å². The number of benzene rings is 1. The Hall–Kier alpha value is -2.14. The molecule has 1 N–H and O–H groups in total. The Morgan fingerprint density at radius 1 is 1.24 bits per heavy atom. The average molecular weight is 287 g/mol. The third-order valence-corrected chi connectivity index (χ3v) is 3.28. The van der Waals surface area contributed by atoms with E-state index in [0.717, 1.165) is 24.3 Å². The highest BCUT2D eigenvalue weighted by molar-refractivity contribution is 5.87. The Morgan fingerprint density at radius 2 is 1.90 bits per heavy atom. The van der Waals surface area contributed by atoms with E-state index in [4.69, 9.17) is 5.11 Å². The largest absolute Gasteiger partial charge is 0.478 e. The highest BCUT2D eigenvalue weighted by Gasteiger charge is 2.07. The standard InChI is InChI=1S/C16H21N3O2/c1-12(2)19-9-8-15(17-19)11-18(3)10-13-4-6-14(7-5-13)16(20)21/h4-9,12H,10-11H2,1-3H3,(H,20,21). The van der Waals surface area contributed by atoms with Crippen molar-refractivity contribution < 1.29 is 9.90 Å². The molecule has 1 aromatic carbocycles. The molecular formula is C16H21N3O2. The highest BCUT2D eigenvalue weighted by atomic mass is 16.4. The number of hydrogen-bond donors (Lipinski definition) is 1. The fourth-order valence-corrected chi connectivity index (χ4v) is 2.15. The topological polar surface area (TPSA) is 58.4 Å². The van der Waals surface area contributed by atoms with Gasteiger partial charge in [0.25, 0.3) is 0 Å². The maximum absolute atomic E-state index is 10.8. The maximum Gasteiger partial charge on any atom is 0.335 e. The van der Waals surface area contributed by atoms with Crippen LogP contribution in [0.2, 0.25) is 0 Å². The van der Waals surface area contributed by atoms with Crippen LogP contribution in [0.15, 0.2) is 36.5 Å². The Kier molecular flexibility index (Phi) is 4.75. The molecule has 0 saturated carbocycles. The smallest absolute Gasteiger partial charge is 0.335 e. The van der Waals surface area contributed by atoms with Crippen LogP contribution < -0.4 is 0 Å². The quantitative estimate of drug-likeness (QED) is 0.887. The molecule has 21 heavy (non-hydrogen) atoms. The minimum absolute atomic E-state index is 0.317. The van der Waals surface area contributed by atoms with Gasteiger partial charge >= 0.3 is 5.97 Å². The van der Waals surface area contributed by atoms with Crippen LogP contribution in [0.5, 0.6) is 0 Å². The summed E-state index contributed by atoms with van der Waals surface area (Å²) in [6, 6.07) is 9.38. The van der Waals surface area contributed by atoms with E-state index in [1.54, 1.807) is 12.1 Å². The van der Waals surface area contributed by atoms with E-state index in [-0.39, 0.29) is 0 Å².